The highest BCUT2D eigenvalue weighted by atomic mass is 19.1. The molecule has 1 unspecified atom stereocenters. The fourth-order valence-corrected chi connectivity index (χ4v) is 3.54. The van der Waals surface area contributed by atoms with E-state index in [1.165, 1.54) is 6.07 Å². The lowest BCUT2D eigenvalue weighted by Gasteiger charge is -2.29. The minimum absolute atomic E-state index is 0.00127. The molecule has 1 heterocycles. The van der Waals surface area contributed by atoms with Gasteiger partial charge in [-0.2, -0.15) is 0 Å². The first-order valence-corrected chi connectivity index (χ1v) is 9.29. The molecule has 1 aromatic carbocycles. The minimum Gasteiger partial charge on any atom is -0.444 e. The van der Waals surface area contributed by atoms with Crippen LogP contribution in [0.4, 0.5) is 14.9 Å². The van der Waals surface area contributed by atoms with E-state index >= 15 is 0 Å². The van der Waals surface area contributed by atoms with Gasteiger partial charge in [-0.1, -0.05) is 0 Å². The Bertz CT molecular complexity index is 797. The van der Waals surface area contributed by atoms with Crippen LogP contribution in [0.25, 0.3) is 0 Å². The number of nitrogens with one attached hydrogen (secondary N) is 2. The second-order valence-electron chi connectivity index (χ2n) is 8.37. The molecule has 2 atom stereocenters. The number of aldehydes is 1. The van der Waals surface area contributed by atoms with Crippen LogP contribution in [0.15, 0.2) is 12.1 Å². The van der Waals surface area contributed by atoms with Gasteiger partial charge in [-0.05, 0) is 56.9 Å². The molecule has 0 spiro atoms. The zero-order chi connectivity index (χ0) is 20.5. The number of rotatable bonds is 4. The molecule has 8 heteroatoms. The first-order chi connectivity index (χ1) is 13.1. The first kappa shape index (κ1) is 20.3. The van der Waals surface area contributed by atoms with Gasteiger partial charge in [-0.3, -0.25) is 4.79 Å². The summed E-state index contributed by atoms with van der Waals surface area (Å²) in [5, 5.41) is 5.29. The van der Waals surface area contributed by atoms with Gasteiger partial charge in [-0.25, -0.2) is 9.18 Å². The molecule has 1 saturated heterocycles. The van der Waals surface area contributed by atoms with E-state index in [9.17, 15) is 18.8 Å². The number of fused-ring (bicyclic) bond motifs is 1. The molecule has 2 amide bonds. The maximum absolute atomic E-state index is 14.4. The molecule has 0 radical (unpaired) electrons. The Kier molecular flexibility index (Phi) is 5.43. The maximum Gasteiger partial charge on any atom is 0.408 e. The van der Waals surface area contributed by atoms with Crippen molar-refractivity contribution < 1.29 is 28.2 Å². The van der Waals surface area contributed by atoms with Gasteiger partial charge in [0.2, 0.25) is 0 Å². The summed E-state index contributed by atoms with van der Waals surface area (Å²) in [5.74, 6) is -1.19. The summed E-state index contributed by atoms with van der Waals surface area (Å²) >= 11 is 0. The van der Waals surface area contributed by atoms with Crippen molar-refractivity contribution in [1.82, 2.24) is 5.32 Å². The lowest BCUT2D eigenvalue weighted by atomic mass is 9.97. The summed E-state index contributed by atoms with van der Waals surface area (Å²) in [6.07, 6.45) is 1.20. The van der Waals surface area contributed by atoms with Gasteiger partial charge in [0.1, 0.15) is 23.2 Å². The topological polar surface area (TPSA) is 93.7 Å². The van der Waals surface area contributed by atoms with Crippen LogP contribution < -0.4 is 10.6 Å². The summed E-state index contributed by atoms with van der Waals surface area (Å²) in [4.78, 5) is 36.1. The number of anilines is 1. The SMILES string of the molecule is CC(C)(C)OC(=O)N[C@]1(C(=O)Nc2cc(F)c3c(c2)CC(C=O)C3)CCOC1. The molecule has 3 rings (SSSR count). The van der Waals surface area contributed by atoms with Crippen molar-refractivity contribution in [2.24, 2.45) is 5.92 Å². The molecular formula is C20H25FN2O5. The Morgan fingerprint density at radius 3 is 2.68 bits per heavy atom. The quantitative estimate of drug-likeness (QED) is 0.768. The summed E-state index contributed by atoms with van der Waals surface area (Å²) in [6.45, 7) is 5.49. The van der Waals surface area contributed by atoms with E-state index in [0.29, 0.717) is 30.6 Å². The number of carbonyl (C=O) groups excluding carboxylic acids is 3. The van der Waals surface area contributed by atoms with E-state index in [1.54, 1.807) is 26.8 Å². The van der Waals surface area contributed by atoms with E-state index in [1.807, 2.05) is 0 Å². The molecule has 0 saturated carbocycles. The number of alkyl carbamates (subject to hydrolysis) is 1. The summed E-state index contributed by atoms with van der Waals surface area (Å²) in [6, 6.07) is 2.91. The van der Waals surface area contributed by atoms with Gasteiger partial charge in [0.15, 0.2) is 0 Å². The molecule has 152 valence electrons. The number of hydrogen-bond acceptors (Lipinski definition) is 5. The second kappa shape index (κ2) is 7.50. The Morgan fingerprint density at radius 2 is 2.07 bits per heavy atom. The minimum atomic E-state index is -1.29. The second-order valence-corrected chi connectivity index (χ2v) is 8.37. The van der Waals surface area contributed by atoms with E-state index in [2.05, 4.69) is 10.6 Å². The highest BCUT2D eigenvalue weighted by molar-refractivity contribution is 6.00. The smallest absolute Gasteiger partial charge is 0.408 e. The molecule has 1 aliphatic carbocycles. The van der Waals surface area contributed by atoms with E-state index in [0.717, 1.165) is 6.29 Å². The van der Waals surface area contributed by atoms with Gasteiger partial charge in [0.05, 0.1) is 6.61 Å². The third-order valence-corrected chi connectivity index (χ3v) is 4.88. The van der Waals surface area contributed by atoms with Crippen molar-refractivity contribution in [2.45, 2.75) is 51.2 Å². The maximum atomic E-state index is 14.4. The van der Waals surface area contributed by atoms with Crippen LogP contribution in [0.3, 0.4) is 0 Å². The Morgan fingerprint density at radius 1 is 1.32 bits per heavy atom. The molecule has 2 aliphatic rings. The molecule has 7 nitrogen and oxygen atoms in total. The molecule has 1 aromatic rings. The first-order valence-electron chi connectivity index (χ1n) is 9.29. The van der Waals surface area contributed by atoms with Crippen LogP contribution >= 0.6 is 0 Å². The van der Waals surface area contributed by atoms with Crippen LogP contribution in [-0.2, 0) is 31.9 Å². The predicted octanol–water partition coefficient (Wildman–Crippen LogP) is 2.36. The summed E-state index contributed by atoms with van der Waals surface area (Å²) in [7, 11) is 0. The molecule has 1 aliphatic heterocycles. The van der Waals surface area contributed by atoms with Crippen LogP contribution in [-0.4, -0.2) is 42.6 Å². The van der Waals surface area contributed by atoms with Crippen molar-refractivity contribution in [2.75, 3.05) is 18.5 Å². The van der Waals surface area contributed by atoms with Crippen molar-refractivity contribution in [3.05, 3.63) is 29.1 Å². The van der Waals surface area contributed by atoms with Gasteiger partial charge < -0.3 is 24.9 Å². The highest BCUT2D eigenvalue weighted by Gasteiger charge is 2.45. The third kappa shape index (κ3) is 4.32. The van der Waals surface area contributed by atoms with Gasteiger partial charge in [-0.15, -0.1) is 0 Å². The van der Waals surface area contributed by atoms with Crippen molar-refractivity contribution in [1.29, 1.82) is 0 Å². The zero-order valence-corrected chi connectivity index (χ0v) is 16.3. The Hall–Kier alpha value is -2.48. The monoisotopic (exact) mass is 392 g/mol. The lowest BCUT2D eigenvalue weighted by Crippen LogP contribution is -2.58. The highest BCUT2D eigenvalue weighted by Crippen LogP contribution is 2.31. The van der Waals surface area contributed by atoms with Crippen LogP contribution in [0.2, 0.25) is 0 Å². The largest absolute Gasteiger partial charge is 0.444 e. The number of hydrogen-bond donors (Lipinski definition) is 2. The molecule has 28 heavy (non-hydrogen) atoms. The standard InChI is InChI=1S/C20H25FN2O5/c1-19(2,3)28-18(26)23-20(4-5-27-11-20)17(25)22-14-8-13-6-12(10-24)7-15(13)16(21)9-14/h8-10,12H,4-7,11H2,1-3H3,(H,22,25)(H,23,26)/t12?,20-/m1/s1. The number of carbonyl (C=O) groups is 3. The number of amides is 2. The summed E-state index contributed by atoms with van der Waals surface area (Å²) < 4.78 is 25.0. The van der Waals surface area contributed by atoms with E-state index < -0.39 is 29.0 Å². The van der Waals surface area contributed by atoms with Crippen LogP contribution in [0.5, 0.6) is 0 Å². The number of halogens is 1. The van der Waals surface area contributed by atoms with Crippen molar-refractivity contribution in [3.63, 3.8) is 0 Å². The Balaban J connectivity index is 1.76. The average molecular weight is 392 g/mol. The number of ether oxygens (including phenoxy) is 2. The van der Waals surface area contributed by atoms with Gasteiger partial charge in [0, 0.05) is 24.6 Å². The molecule has 2 N–H and O–H groups in total. The van der Waals surface area contributed by atoms with Crippen molar-refractivity contribution >= 4 is 24.0 Å². The third-order valence-electron chi connectivity index (χ3n) is 4.88. The van der Waals surface area contributed by atoms with Crippen molar-refractivity contribution in [3.8, 4) is 0 Å². The van der Waals surface area contributed by atoms with Gasteiger partial charge >= 0.3 is 6.09 Å². The van der Waals surface area contributed by atoms with E-state index in [4.69, 9.17) is 9.47 Å². The predicted molar refractivity (Wildman–Crippen MR) is 99.5 cm³/mol. The summed E-state index contributed by atoms with van der Waals surface area (Å²) in [5.41, 5.74) is -0.488. The van der Waals surface area contributed by atoms with Crippen LogP contribution in [0, 0.1) is 11.7 Å². The molecule has 0 bridgehead atoms. The average Bonchev–Trinajstić information content (AvgIpc) is 3.20. The fourth-order valence-electron chi connectivity index (χ4n) is 3.54. The number of benzene rings is 1. The van der Waals surface area contributed by atoms with Gasteiger partial charge in [0.25, 0.3) is 5.91 Å². The van der Waals surface area contributed by atoms with E-state index in [-0.39, 0.29) is 24.6 Å². The molecule has 0 aromatic heterocycles. The molecular weight excluding hydrogens is 367 g/mol. The fraction of sp³-hybridized carbons (Fsp3) is 0.550. The zero-order valence-electron chi connectivity index (χ0n) is 16.3. The van der Waals surface area contributed by atoms with Crippen LogP contribution in [0.1, 0.15) is 38.3 Å². The lowest BCUT2D eigenvalue weighted by molar-refractivity contribution is -0.122. The Labute approximate surface area is 163 Å². The normalized spacial score (nSPS) is 23.8. The molecule has 1 fully saturated rings.